The van der Waals surface area contributed by atoms with Gasteiger partial charge in [0.25, 0.3) is 0 Å². The molecule has 1 aliphatic heterocycles. The Bertz CT molecular complexity index is 809. The normalized spacial score (nSPS) is 16.6. The molecular weight excluding hydrogens is 376 g/mol. The number of hydrogen-bond acceptors (Lipinski definition) is 4. The van der Waals surface area contributed by atoms with Crippen molar-refractivity contribution in [3.8, 4) is 5.75 Å². The maximum Gasteiger partial charge on any atom is 0.387 e. The smallest absolute Gasteiger partial charge is 0.387 e. The van der Waals surface area contributed by atoms with E-state index >= 15 is 0 Å². The second-order valence-electron chi connectivity index (χ2n) is 7.37. The van der Waals surface area contributed by atoms with Gasteiger partial charge in [-0.25, -0.2) is 0 Å². The van der Waals surface area contributed by atoms with Crippen molar-refractivity contribution in [3.05, 3.63) is 59.7 Å². The molecule has 1 aliphatic rings. The number of benzene rings is 2. The van der Waals surface area contributed by atoms with E-state index in [9.17, 15) is 13.6 Å². The predicted octanol–water partition coefficient (Wildman–Crippen LogP) is 3.45. The molecule has 7 heteroatoms. The maximum atomic E-state index is 12.8. The number of piperazine rings is 1. The Hall–Kier alpha value is -2.51. The van der Waals surface area contributed by atoms with Gasteiger partial charge in [-0.2, -0.15) is 8.78 Å². The molecule has 1 amide bonds. The van der Waals surface area contributed by atoms with Gasteiger partial charge in [-0.15, -0.1) is 0 Å². The summed E-state index contributed by atoms with van der Waals surface area (Å²) in [5, 5.41) is 2.92. The van der Waals surface area contributed by atoms with Crippen LogP contribution in [-0.2, 0) is 11.2 Å². The highest BCUT2D eigenvalue weighted by Gasteiger charge is 2.24. The summed E-state index contributed by atoms with van der Waals surface area (Å²) < 4.78 is 30.2. The number of rotatable bonds is 7. The highest BCUT2D eigenvalue weighted by molar-refractivity contribution is 5.94. The number of nitrogens with one attached hydrogen (secondary N) is 1. The molecule has 29 heavy (non-hydrogen) atoms. The molecule has 2 aromatic rings. The summed E-state index contributed by atoms with van der Waals surface area (Å²) in [7, 11) is 2.07. The van der Waals surface area contributed by atoms with Crippen LogP contribution in [0.5, 0.6) is 5.75 Å². The Labute approximate surface area is 170 Å². The van der Waals surface area contributed by atoms with Crippen molar-refractivity contribution < 1.29 is 18.3 Å². The first kappa shape index (κ1) is 21.2. The minimum Gasteiger partial charge on any atom is -0.435 e. The summed E-state index contributed by atoms with van der Waals surface area (Å²) in [6.07, 6.45) is 0.431. The highest BCUT2D eigenvalue weighted by atomic mass is 19.3. The van der Waals surface area contributed by atoms with E-state index in [0.717, 1.165) is 31.7 Å². The molecule has 0 aliphatic carbocycles. The van der Waals surface area contributed by atoms with Gasteiger partial charge >= 0.3 is 6.61 Å². The zero-order chi connectivity index (χ0) is 20.8. The summed E-state index contributed by atoms with van der Waals surface area (Å²) in [4.78, 5) is 17.1. The number of carbonyl (C=O) groups is 1. The van der Waals surface area contributed by atoms with E-state index in [1.54, 1.807) is 12.1 Å². The molecular formula is C22H27F2N3O2. The summed E-state index contributed by atoms with van der Waals surface area (Å²) in [6, 6.07) is 14.1. The van der Waals surface area contributed by atoms with Crippen LogP contribution in [-0.4, -0.2) is 61.6 Å². The molecule has 5 nitrogen and oxygen atoms in total. The van der Waals surface area contributed by atoms with Crippen LogP contribution in [0.25, 0.3) is 0 Å². The number of anilines is 1. The van der Waals surface area contributed by atoms with Gasteiger partial charge in [0, 0.05) is 43.9 Å². The molecule has 0 aromatic heterocycles. The summed E-state index contributed by atoms with van der Waals surface area (Å²) in [6.45, 7) is 2.52. The molecule has 0 bridgehead atoms. The van der Waals surface area contributed by atoms with E-state index in [2.05, 4.69) is 26.9 Å². The number of hydrogen-bond donors (Lipinski definition) is 1. The Morgan fingerprint density at radius 2 is 1.79 bits per heavy atom. The fraction of sp³-hybridized carbons (Fsp3) is 0.409. The second-order valence-corrected chi connectivity index (χ2v) is 7.37. The first-order valence-electron chi connectivity index (χ1n) is 9.77. The maximum absolute atomic E-state index is 12.8. The van der Waals surface area contributed by atoms with Gasteiger partial charge in [-0.1, -0.05) is 30.3 Å². The van der Waals surface area contributed by atoms with Crippen molar-refractivity contribution in [2.45, 2.75) is 26.0 Å². The molecule has 2 aromatic carbocycles. The molecule has 1 atom stereocenters. The van der Waals surface area contributed by atoms with Crippen LogP contribution in [0, 0.1) is 0 Å². The van der Waals surface area contributed by atoms with Crippen LogP contribution < -0.4 is 10.1 Å². The third-order valence-corrected chi connectivity index (χ3v) is 5.25. The summed E-state index contributed by atoms with van der Waals surface area (Å²) in [5.74, 6) is 0.0108. The molecule has 0 radical (unpaired) electrons. The van der Waals surface area contributed by atoms with E-state index < -0.39 is 6.61 Å². The molecule has 1 saturated heterocycles. The molecule has 0 saturated carbocycles. The standard InChI is InChI=1S/C22H27F2N3O2/c1-16(27-12-10-26(2)11-13-27)21(28)25-19-8-9-20(29-22(23)24)18(15-19)14-17-6-4-3-5-7-17/h3-9,15-16,22H,10-14H2,1-2H3,(H,25,28)/t16-/m1/s1. The lowest BCUT2D eigenvalue weighted by Gasteiger charge is -2.35. The zero-order valence-electron chi connectivity index (χ0n) is 16.8. The zero-order valence-corrected chi connectivity index (χ0v) is 16.8. The number of halogens is 2. The van der Waals surface area contributed by atoms with Gasteiger partial charge in [-0.05, 0) is 37.7 Å². The van der Waals surface area contributed by atoms with Gasteiger partial charge < -0.3 is 15.0 Å². The number of nitrogens with zero attached hydrogens (tertiary/aromatic N) is 2. The minimum atomic E-state index is -2.90. The lowest BCUT2D eigenvalue weighted by molar-refractivity contribution is -0.121. The molecule has 1 fully saturated rings. The number of alkyl halides is 2. The van der Waals surface area contributed by atoms with Gasteiger partial charge in [0.15, 0.2) is 0 Å². The van der Waals surface area contributed by atoms with Crippen LogP contribution in [0.2, 0.25) is 0 Å². The van der Waals surface area contributed by atoms with Crippen LogP contribution in [0.3, 0.4) is 0 Å². The van der Waals surface area contributed by atoms with Crippen LogP contribution in [0.15, 0.2) is 48.5 Å². The lowest BCUT2D eigenvalue weighted by Crippen LogP contribution is -2.51. The van der Waals surface area contributed by atoms with Crippen molar-refractivity contribution >= 4 is 11.6 Å². The highest BCUT2D eigenvalue weighted by Crippen LogP contribution is 2.27. The molecule has 1 heterocycles. The number of ether oxygens (including phenoxy) is 1. The molecule has 1 N–H and O–H groups in total. The van der Waals surface area contributed by atoms with Gasteiger partial charge in [0.1, 0.15) is 5.75 Å². The second kappa shape index (κ2) is 9.80. The average molecular weight is 403 g/mol. The first-order chi connectivity index (χ1) is 13.9. The van der Waals surface area contributed by atoms with Crippen molar-refractivity contribution in [3.63, 3.8) is 0 Å². The van der Waals surface area contributed by atoms with Crippen molar-refractivity contribution in [2.24, 2.45) is 0 Å². The molecule has 0 spiro atoms. The Kier molecular flexibility index (Phi) is 7.17. The molecule has 0 unspecified atom stereocenters. The largest absolute Gasteiger partial charge is 0.435 e. The third-order valence-electron chi connectivity index (χ3n) is 5.25. The van der Waals surface area contributed by atoms with Crippen molar-refractivity contribution in [1.82, 2.24) is 9.80 Å². The Morgan fingerprint density at radius 1 is 1.10 bits per heavy atom. The van der Waals surface area contributed by atoms with Crippen LogP contribution in [0.1, 0.15) is 18.1 Å². The van der Waals surface area contributed by atoms with Gasteiger partial charge in [-0.3, -0.25) is 9.69 Å². The number of carbonyl (C=O) groups excluding carboxylic acids is 1. The van der Waals surface area contributed by atoms with E-state index in [4.69, 9.17) is 0 Å². The predicted molar refractivity (Wildman–Crippen MR) is 109 cm³/mol. The monoisotopic (exact) mass is 403 g/mol. The Morgan fingerprint density at radius 3 is 2.45 bits per heavy atom. The number of amides is 1. The van der Waals surface area contributed by atoms with Crippen LogP contribution in [0.4, 0.5) is 14.5 Å². The SMILES string of the molecule is C[C@H](C(=O)Nc1ccc(OC(F)F)c(Cc2ccccc2)c1)N1CCN(C)CC1. The fourth-order valence-electron chi connectivity index (χ4n) is 3.44. The van der Waals surface area contributed by atoms with Gasteiger partial charge in [0.05, 0.1) is 6.04 Å². The topological polar surface area (TPSA) is 44.8 Å². The van der Waals surface area contributed by atoms with E-state index in [-0.39, 0.29) is 17.7 Å². The number of likely N-dealkylation sites (N-methyl/N-ethyl adjacent to an activating group) is 1. The first-order valence-corrected chi connectivity index (χ1v) is 9.77. The Balaban J connectivity index is 1.73. The molecule has 156 valence electrons. The third kappa shape index (κ3) is 5.98. The van der Waals surface area contributed by atoms with E-state index in [1.165, 1.54) is 6.07 Å². The minimum absolute atomic E-state index is 0.109. The van der Waals surface area contributed by atoms with E-state index in [1.807, 2.05) is 37.3 Å². The van der Waals surface area contributed by atoms with Gasteiger partial charge in [0.2, 0.25) is 5.91 Å². The molecule has 3 rings (SSSR count). The lowest BCUT2D eigenvalue weighted by atomic mass is 10.0. The van der Waals surface area contributed by atoms with Crippen molar-refractivity contribution in [1.29, 1.82) is 0 Å². The summed E-state index contributed by atoms with van der Waals surface area (Å²) >= 11 is 0. The van der Waals surface area contributed by atoms with Crippen molar-refractivity contribution in [2.75, 3.05) is 38.5 Å². The average Bonchev–Trinajstić information content (AvgIpc) is 2.70. The fourth-order valence-corrected chi connectivity index (χ4v) is 3.44. The summed E-state index contributed by atoms with van der Waals surface area (Å²) in [5.41, 5.74) is 2.14. The quantitative estimate of drug-likeness (QED) is 0.769. The van der Waals surface area contributed by atoms with Crippen LogP contribution >= 0.6 is 0 Å². The van der Waals surface area contributed by atoms with E-state index in [0.29, 0.717) is 17.7 Å².